The predicted molar refractivity (Wildman–Crippen MR) is 73.7 cm³/mol. The molecule has 2 saturated heterocycles. The smallest absolute Gasteiger partial charge is 0.244 e. The van der Waals surface area contributed by atoms with Crippen LogP contribution in [0.25, 0.3) is 0 Å². The third kappa shape index (κ3) is 2.52. The topological polar surface area (TPSA) is 41.6 Å². The fourth-order valence-corrected chi connectivity index (χ4v) is 3.94. The molecule has 3 fully saturated rings. The maximum atomic E-state index is 12.6. The summed E-state index contributed by atoms with van der Waals surface area (Å²) in [7, 11) is 0. The zero-order chi connectivity index (χ0) is 13.3. The highest BCUT2D eigenvalue weighted by atomic mass is 16.5. The van der Waals surface area contributed by atoms with Gasteiger partial charge in [0, 0.05) is 13.2 Å². The van der Waals surface area contributed by atoms with Gasteiger partial charge in [-0.1, -0.05) is 12.8 Å². The molecule has 0 aromatic heterocycles. The van der Waals surface area contributed by atoms with Crippen molar-refractivity contribution in [3.8, 4) is 0 Å². The van der Waals surface area contributed by atoms with Gasteiger partial charge >= 0.3 is 0 Å². The SMILES string of the molecule is CC1NC2(CCCC2)C(=O)N1CCC1CCCCO1. The number of rotatable bonds is 3. The van der Waals surface area contributed by atoms with Crippen LogP contribution in [0.5, 0.6) is 0 Å². The second kappa shape index (κ2) is 5.41. The predicted octanol–water partition coefficient (Wildman–Crippen LogP) is 2.04. The molecule has 2 unspecified atom stereocenters. The van der Waals surface area contributed by atoms with Crippen LogP contribution in [0.15, 0.2) is 0 Å². The molecule has 1 N–H and O–H groups in total. The van der Waals surface area contributed by atoms with Crippen LogP contribution in [-0.2, 0) is 9.53 Å². The van der Waals surface area contributed by atoms with E-state index >= 15 is 0 Å². The first-order valence-corrected chi connectivity index (χ1v) is 7.92. The Balaban J connectivity index is 1.56. The van der Waals surface area contributed by atoms with Gasteiger partial charge in [0.05, 0.1) is 17.8 Å². The number of carbonyl (C=O) groups excluding carboxylic acids is 1. The molecule has 4 nitrogen and oxygen atoms in total. The van der Waals surface area contributed by atoms with Gasteiger partial charge in [0.1, 0.15) is 0 Å². The number of nitrogens with zero attached hydrogens (tertiary/aromatic N) is 1. The van der Waals surface area contributed by atoms with E-state index in [1.165, 1.54) is 25.7 Å². The lowest BCUT2D eigenvalue weighted by Gasteiger charge is -2.27. The quantitative estimate of drug-likeness (QED) is 0.850. The molecular formula is C15H26N2O2. The third-order valence-corrected chi connectivity index (χ3v) is 5.05. The Morgan fingerprint density at radius 3 is 2.79 bits per heavy atom. The maximum absolute atomic E-state index is 12.6. The average Bonchev–Trinajstić information content (AvgIpc) is 2.97. The van der Waals surface area contributed by atoms with E-state index in [0.717, 1.165) is 38.8 Å². The van der Waals surface area contributed by atoms with E-state index < -0.39 is 0 Å². The molecule has 3 aliphatic rings. The van der Waals surface area contributed by atoms with Crippen LogP contribution in [0, 0.1) is 0 Å². The average molecular weight is 266 g/mol. The number of amides is 1. The summed E-state index contributed by atoms with van der Waals surface area (Å²) in [6, 6.07) is 0. The molecule has 1 saturated carbocycles. The van der Waals surface area contributed by atoms with Gasteiger partial charge in [-0.3, -0.25) is 10.1 Å². The van der Waals surface area contributed by atoms with Crippen molar-refractivity contribution >= 4 is 5.91 Å². The van der Waals surface area contributed by atoms with Crippen molar-refractivity contribution in [3.05, 3.63) is 0 Å². The fourth-order valence-electron chi connectivity index (χ4n) is 3.94. The second-order valence-corrected chi connectivity index (χ2v) is 6.39. The van der Waals surface area contributed by atoms with Gasteiger partial charge in [-0.05, 0) is 45.4 Å². The van der Waals surface area contributed by atoms with Crippen molar-refractivity contribution in [2.24, 2.45) is 0 Å². The largest absolute Gasteiger partial charge is 0.378 e. The first-order chi connectivity index (χ1) is 9.21. The standard InChI is InChI=1S/C15H26N2O2/c1-12-16-15(8-3-4-9-15)14(18)17(12)10-7-13-6-2-5-11-19-13/h12-13,16H,2-11H2,1H3. The Morgan fingerprint density at radius 2 is 2.11 bits per heavy atom. The van der Waals surface area contributed by atoms with Crippen LogP contribution in [0.1, 0.15) is 58.3 Å². The highest BCUT2D eigenvalue weighted by Crippen LogP contribution is 2.36. The number of hydrogen-bond donors (Lipinski definition) is 1. The van der Waals surface area contributed by atoms with Crippen molar-refractivity contribution in [2.75, 3.05) is 13.2 Å². The van der Waals surface area contributed by atoms with Gasteiger partial charge in [-0.2, -0.15) is 0 Å². The summed E-state index contributed by atoms with van der Waals surface area (Å²) >= 11 is 0. The van der Waals surface area contributed by atoms with E-state index in [9.17, 15) is 4.79 Å². The molecule has 108 valence electrons. The Hall–Kier alpha value is -0.610. The summed E-state index contributed by atoms with van der Waals surface area (Å²) in [5, 5.41) is 3.55. The molecule has 4 heteroatoms. The molecule has 19 heavy (non-hydrogen) atoms. The van der Waals surface area contributed by atoms with E-state index in [2.05, 4.69) is 12.2 Å². The Bertz CT molecular complexity index is 333. The number of nitrogens with one attached hydrogen (secondary N) is 1. The highest BCUT2D eigenvalue weighted by molar-refractivity contribution is 5.89. The molecule has 1 aliphatic carbocycles. The minimum absolute atomic E-state index is 0.189. The summed E-state index contributed by atoms with van der Waals surface area (Å²) in [5.74, 6) is 0.341. The Labute approximate surface area is 115 Å². The number of hydrogen-bond acceptors (Lipinski definition) is 3. The lowest BCUT2D eigenvalue weighted by molar-refractivity contribution is -0.133. The highest BCUT2D eigenvalue weighted by Gasteiger charge is 2.50. The lowest BCUT2D eigenvalue weighted by atomic mass is 9.98. The first kappa shape index (κ1) is 13.4. The zero-order valence-electron chi connectivity index (χ0n) is 12.0. The first-order valence-electron chi connectivity index (χ1n) is 7.92. The van der Waals surface area contributed by atoms with Gasteiger partial charge in [0.2, 0.25) is 5.91 Å². The van der Waals surface area contributed by atoms with E-state index in [1.54, 1.807) is 0 Å². The van der Waals surface area contributed by atoms with E-state index in [0.29, 0.717) is 12.0 Å². The summed E-state index contributed by atoms with van der Waals surface area (Å²) in [6.45, 7) is 3.86. The lowest BCUT2D eigenvalue weighted by Crippen LogP contribution is -2.44. The van der Waals surface area contributed by atoms with E-state index in [4.69, 9.17) is 4.74 Å². The Kier molecular flexibility index (Phi) is 3.81. The van der Waals surface area contributed by atoms with Crippen LogP contribution in [0.2, 0.25) is 0 Å². The summed E-state index contributed by atoms with van der Waals surface area (Å²) in [4.78, 5) is 14.7. The van der Waals surface area contributed by atoms with Crippen LogP contribution in [-0.4, -0.2) is 41.8 Å². The molecule has 3 rings (SSSR count). The van der Waals surface area contributed by atoms with Gasteiger partial charge in [0.25, 0.3) is 0 Å². The number of ether oxygens (including phenoxy) is 1. The maximum Gasteiger partial charge on any atom is 0.244 e. The molecular weight excluding hydrogens is 240 g/mol. The van der Waals surface area contributed by atoms with Gasteiger partial charge < -0.3 is 9.64 Å². The number of carbonyl (C=O) groups is 1. The zero-order valence-corrected chi connectivity index (χ0v) is 12.0. The fraction of sp³-hybridized carbons (Fsp3) is 0.933. The molecule has 2 atom stereocenters. The van der Waals surface area contributed by atoms with Gasteiger partial charge in [-0.25, -0.2) is 0 Å². The van der Waals surface area contributed by atoms with Crippen LogP contribution < -0.4 is 5.32 Å². The minimum atomic E-state index is -0.215. The van der Waals surface area contributed by atoms with Crippen molar-refractivity contribution in [1.29, 1.82) is 0 Å². The van der Waals surface area contributed by atoms with Gasteiger partial charge in [0.15, 0.2) is 0 Å². The van der Waals surface area contributed by atoms with Crippen molar-refractivity contribution in [3.63, 3.8) is 0 Å². The second-order valence-electron chi connectivity index (χ2n) is 6.39. The Morgan fingerprint density at radius 1 is 1.32 bits per heavy atom. The third-order valence-electron chi connectivity index (χ3n) is 5.05. The van der Waals surface area contributed by atoms with Crippen LogP contribution in [0.3, 0.4) is 0 Å². The van der Waals surface area contributed by atoms with Gasteiger partial charge in [-0.15, -0.1) is 0 Å². The van der Waals surface area contributed by atoms with Crippen molar-refractivity contribution in [1.82, 2.24) is 10.2 Å². The molecule has 1 spiro atoms. The van der Waals surface area contributed by atoms with Crippen molar-refractivity contribution < 1.29 is 9.53 Å². The van der Waals surface area contributed by atoms with Crippen molar-refractivity contribution in [2.45, 2.75) is 76.1 Å². The summed E-state index contributed by atoms with van der Waals surface area (Å²) < 4.78 is 5.77. The van der Waals surface area contributed by atoms with E-state index in [1.807, 2.05) is 4.90 Å². The molecule has 2 aliphatic heterocycles. The minimum Gasteiger partial charge on any atom is -0.378 e. The molecule has 0 aromatic rings. The summed E-state index contributed by atoms with van der Waals surface area (Å²) in [6.07, 6.45) is 9.59. The molecule has 0 aromatic carbocycles. The van der Waals surface area contributed by atoms with Crippen LogP contribution >= 0.6 is 0 Å². The summed E-state index contributed by atoms with van der Waals surface area (Å²) in [5.41, 5.74) is -0.215. The monoisotopic (exact) mass is 266 g/mol. The normalized spacial score (nSPS) is 34.4. The van der Waals surface area contributed by atoms with E-state index in [-0.39, 0.29) is 11.7 Å². The molecule has 0 bridgehead atoms. The molecule has 0 radical (unpaired) electrons. The van der Waals surface area contributed by atoms with Crippen LogP contribution in [0.4, 0.5) is 0 Å². The molecule has 2 heterocycles. The molecule has 1 amide bonds.